The molecule has 0 saturated carbocycles. The molecule has 0 spiro atoms. The lowest BCUT2D eigenvalue weighted by Gasteiger charge is -2.17. The molecule has 5 nitrogen and oxygen atoms in total. The summed E-state index contributed by atoms with van der Waals surface area (Å²) in [6.07, 6.45) is 4.50. The predicted molar refractivity (Wildman–Crippen MR) is 77.4 cm³/mol. The topological polar surface area (TPSA) is 64.6 Å². The van der Waals surface area contributed by atoms with Crippen molar-refractivity contribution in [2.45, 2.75) is 45.6 Å². The maximum absolute atomic E-state index is 11.8. The second-order valence-corrected chi connectivity index (χ2v) is 5.12. The first kappa shape index (κ1) is 18.1. The van der Waals surface area contributed by atoms with Gasteiger partial charge in [-0.15, -0.1) is 0 Å². The van der Waals surface area contributed by atoms with Crippen LogP contribution in [0.4, 0.5) is 4.79 Å². The van der Waals surface area contributed by atoms with Gasteiger partial charge in [-0.2, -0.15) is 11.8 Å². The van der Waals surface area contributed by atoms with Crippen molar-refractivity contribution in [3.05, 3.63) is 0 Å². The highest BCUT2D eigenvalue weighted by molar-refractivity contribution is 7.98. The zero-order valence-corrected chi connectivity index (χ0v) is 12.9. The average molecular weight is 291 g/mol. The molecule has 1 atom stereocenters. The maximum Gasteiger partial charge on any atom is 0.407 e. The number of carbonyl (C=O) groups excluding carboxylic acids is 2. The molecule has 0 aromatic rings. The standard InChI is InChI=1S/C13H25NO4S/c1-4-6-9-18-13(16)14-11(7-10-19-3)12(15)17-8-5-2/h11H,4-10H2,1-3H3,(H,14,16)/t11-/m0/s1. The molecule has 112 valence electrons. The molecule has 0 saturated heterocycles. The lowest BCUT2D eigenvalue weighted by molar-refractivity contribution is -0.146. The largest absolute Gasteiger partial charge is 0.464 e. The van der Waals surface area contributed by atoms with E-state index in [0.29, 0.717) is 19.6 Å². The molecular formula is C13H25NO4S. The van der Waals surface area contributed by atoms with Gasteiger partial charge < -0.3 is 14.8 Å². The highest BCUT2D eigenvalue weighted by Gasteiger charge is 2.22. The van der Waals surface area contributed by atoms with Crippen LogP contribution in [0, 0.1) is 0 Å². The molecular weight excluding hydrogens is 266 g/mol. The highest BCUT2D eigenvalue weighted by Crippen LogP contribution is 2.04. The van der Waals surface area contributed by atoms with Crippen LogP contribution in [0.2, 0.25) is 0 Å². The van der Waals surface area contributed by atoms with E-state index in [2.05, 4.69) is 5.32 Å². The van der Waals surface area contributed by atoms with Gasteiger partial charge in [-0.05, 0) is 31.3 Å². The van der Waals surface area contributed by atoms with Crippen molar-refractivity contribution in [3.8, 4) is 0 Å². The van der Waals surface area contributed by atoms with Gasteiger partial charge in [-0.1, -0.05) is 20.3 Å². The Morgan fingerprint density at radius 1 is 1.16 bits per heavy atom. The van der Waals surface area contributed by atoms with Gasteiger partial charge in [0.25, 0.3) is 0 Å². The number of hydrogen-bond acceptors (Lipinski definition) is 5. The van der Waals surface area contributed by atoms with Crippen molar-refractivity contribution in [2.24, 2.45) is 0 Å². The average Bonchev–Trinajstić information content (AvgIpc) is 2.41. The second-order valence-electron chi connectivity index (χ2n) is 4.14. The number of carbonyl (C=O) groups is 2. The predicted octanol–water partition coefficient (Wildman–Crippen LogP) is 2.59. The molecule has 1 amide bonds. The fourth-order valence-electron chi connectivity index (χ4n) is 1.28. The van der Waals surface area contributed by atoms with Crippen molar-refractivity contribution in [1.82, 2.24) is 5.32 Å². The Hall–Kier alpha value is -0.910. The van der Waals surface area contributed by atoms with Crippen molar-refractivity contribution >= 4 is 23.8 Å². The van der Waals surface area contributed by atoms with Crippen molar-refractivity contribution in [1.29, 1.82) is 0 Å². The third-order valence-electron chi connectivity index (χ3n) is 2.37. The van der Waals surface area contributed by atoms with Gasteiger partial charge in [-0.25, -0.2) is 9.59 Å². The molecule has 0 aromatic heterocycles. The van der Waals surface area contributed by atoms with Crippen LogP contribution in [-0.4, -0.2) is 43.3 Å². The van der Waals surface area contributed by atoms with Crippen LogP contribution in [0.15, 0.2) is 0 Å². The first-order valence-electron chi connectivity index (χ1n) is 6.74. The van der Waals surface area contributed by atoms with Gasteiger partial charge in [0.2, 0.25) is 0 Å². The molecule has 19 heavy (non-hydrogen) atoms. The van der Waals surface area contributed by atoms with Crippen LogP contribution in [0.25, 0.3) is 0 Å². The molecule has 0 aromatic carbocycles. The zero-order chi connectivity index (χ0) is 14.5. The Labute approximate surface area is 119 Å². The highest BCUT2D eigenvalue weighted by atomic mass is 32.2. The van der Waals surface area contributed by atoms with Gasteiger partial charge in [0, 0.05) is 0 Å². The van der Waals surface area contributed by atoms with E-state index < -0.39 is 12.1 Å². The second kappa shape index (κ2) is 12.1. The summed E-state index contributed by atoms with van der Waals surface area (Å²) in [5.41, 5.74) is 0. The van der Waals surface area contributed by atoms with Crippen molar-refractivity contribution in [2.75, 3.05) is 25.2 Å². The van der Waals surface area contributed by atoms with E-state index in [1.54, 1.807) is 11.8 Å². The van der Waals surface area contributed by atoms with Crippen molar-refractivity contribution in [3.63, 3.8) is 0 Å². The van der Waals surface area contributed by atoms with E-state index in [4.69, 9.17) is 9.47 Å². The van der Waals surface area contributed by atoms with E-state index in [1.165, 1.54) is 0 Å². The maximum atomic E-state index is 11.8. The van der Waals surface area contributed by atoms with E-state index in [1.807, 2.05) is 20.1 Å². The summed E-state index contributed by atoms with van der Waals surface area (Å²) in [5.74, 6) is 0.393. The van der Waals surface area contributed by atoms with Gasteiger partial charge in [0.15, 0.2) is 0 Å². The molecule has 0 rings (SSSR count). The SMILES string of the molecule is CCCCOC(=O)N[C@@H](CCSC)C(=O)OCCC. The summed E-state index contributed by atoms with van der Waals surface area (Å²) in [6.45, 7) is 4.70. The first-order chi connectivity index (χ1) is 9.15. The summed E-state index contributed by atoms with van der Waals surface area (Å²) < 4.78 is 10.0. The smallest absolute Gasteiger partial charge is 0.407 e. The van der Waals surface area contributed by atoms with Crippen LogP contribution in [0.5, 0.6) is 0 Å². The third kappa shape index (κ3) is 9.64. The van der Waals surface area contributed by atoms with E-state index >= 15 is 0 Å². The van der Waals surface area contributed by atoms with Gasteiger partial charge in [0.05, 0.1) is 13.2 Å². The zero-order valence-electron chi connectivity index (χ0n) is 12.1. The minimum Gasteiger partial charge on any atom is -0.464 e. The Bertz CT molecular complexity index is 261. The number of unbranched alkanes of at least 4 members (excludes halogenated alkanes) is 1. The monoisotopic (exact) mass is 291 g/mol. The van der Waals surface area contributed by atoms with E-state index in [0.717, 1.165) is 25.0 Å². The summed E-state index contributed by atoms with van der Waals surface area (Å²) in [4.78, 5) is 23.3. The molecule has 0 heterocycles. The lowest BCUT2D eigenvalue weighted by Crippen LogP contribution is -2.42. The van der Waals surface area contributed by atoms with E-state index in [-0.39, 0.29) is 5.97 Å². The van der Waals surface area contributed by atoms with Crippen molar-refractivity contribution < 1.29 is 19.1 Å². The fourth-order valence-corrected chi connectivity index (χ4v) is 1.75. The number of hydrogen-bond donors (Lipinski definition) is 1. The van der Waals surface area contributed by atoms with Gasteiger partial charge >= 0.3 is 12.1 Å². The summed E-state index contributed by atoms with van der Waals surface area (Å²) in [5, 5.41) is 2.57. The van der Waals surface area contributed by atoms with E-state index in [9.17, 15) is 9.59 Å². The minimum absolute atomic E-state index is 0.376. The quantitative estimate of drug-likeness (QED) is 0.495. The normalized spacial score (nSPS) is 11.7. The Kier molecular flexibility index (Phi) is 11.6. The molecule has 0 aliphatic carbocycles. The van der Waals surface area contributed by atoms with Crippen LogP contribution in [0.1, 0.15) is 39.5 Å². The Morgan fingerprint density at radius 2 is 1.89 bits per heavy atom. The van der Waals surface area contributed by atoms with Gasteiger partial charge in [-0.3, -0.25) is 0 Å². The molecule has 0 bridgehead atoms. The number of nitrogens with one attached hydrogen (secondary N) is 1. The number of rotatable bonds is 10. The molecule has 1 N–H and O–H groups in total. The number of thioether (sulfide) groups is 1. The first-order valence-corrected chi connectivity index (χ1v) is 8.13. The molecule has 0 fully saturated rings. The molecule has 0 unspecified atom stereocenters. The number of ether oxygens (including phenoxy) is 2. The number of alkyl carbamates (subject to hydrolysis) is 1. The van der Waals surface area contributed by atoms with Crippen LogP contribution in [-0.2, 0) is 14.3 Å². The minimum atomic E-state index is -0.617. The number of amides is 1. The molecule has 0 aliphatic rings. The Balaban J connectivity index is 4.16. The van der Waals surface area contributed by atoms with Crippen LogP contribution in [0.3, 0.4) is 0 Å². The fraction of sp³-hybridized carbons (Fsp3) is 0.846. The number of esters is 1. The summed E-state index contributed by atoms with van der Waals surface area (Å²) in [6, 6.07) is -0.617. The van der Waals surface area contributed by atoms with Crippen LogP contribution >= 0.6 is 11.8 Å². The molecule has 0 aliphatic heterocycles. The van der Waals surface area contributed by atoms with Crippen LogP contribution < -0.4 is 5.32 Å². The molecule has 0 radical (unpaired) electrons. The summed E-state index contributed by atoms with van der Waals surface area (Å²) in [7, 11) is 0. The summed E-state index contributed by atoms with van der Waals surface area (Å²) >= 11 is 1.62. The molecule has 6 heteroatoms. The lowest BCUT2D eigenvalue weighted by atomic mass is 10.2. The third-order valence-corrected chi connectivity index (χ3v) is 3.01. The Morgan fingerprint density at radius 3 is 2.47 bits per heavy atom. The van der Waals surface area contributed by atoms with Gasteiger partial charge in [0.1, 0.15) is 6.04 Å².